The lowest BCUT2D eigenvalue weighted by Gasteiger charge is -2.03. The minimum absolute atomic E-state index is 0.514. The van der Waals surface area contributed by atoms with Gasteiger partial charge < -0.3 is 16.1 Å². The lowest BCUT2D eigenvalue weighted by atomic mass is 10.2. The maximum Gasteiger partial charge on any atom is 0.0639 e. The van der Waals surface area contributed by atoms with Crippen molar-refractivity contribution in [2.24, 2.45) is 10.7 Å². The van der Waals surface area contributed by atoms with Gasteiger partial charge >= 0.3 is 0 Å². The van der Waals surface area contributed by atoms with Gasteiger partial charge in [0.1, 0.15) is 0 Å². The average molecular weight is 219 g/mol. The number of nitrogens with two attached hydrogens (primary N) is 1. The molecule has 5 heteroatoms. The van der Waals surface area contributed by atoms with Crippen LogP contribution in [-0.4, -0.2) is 28.8 Å². The highest BCUT2D eigenvalue weighted by Gasteiger charge is 2.02. The van der Waals surface area contributed by atoms with Crippen LogP contribution in [0.15, 0.2) is 29.2 Å². The summed E-state index contributed by atoms with van der Waals surface area (Å²) in [5.74, 6) is 0. The number of allylic oxidation sites excluding steroid dienone is 1. The van der Waals surface area contributed by atoms with Crippen LogP contribution in [0.3, 0.4) is 0 Å². The van der Waals surface area contributed by atoms with Crippen LogP contribution in [0.2, 0.25) is 0 Å². The molecule has 5 nitrogen and oxygen atoms in total. The zero-order valence-electron chi connectivity index (χ0n) is 9.64. The zero-order valence-corrected chi connectivity index (χ0v) is 9.64. The van der Waals surface area contributed by atoms with Gasteiger partial charge in [-0.2, -0.15) is 5.10 Å². The normalized spacial score (nSPS) is 12.2. The van der Waals surface area contributed by atoms with Crippen LogP contribution in [0.5, 0.6) is 0 Å². The van der Waals surface area contributed by atoms with Gasteiger partial charge in [0.05, 0.1) is 12.7 Å². The first-order valence-corrected chi connectivity index (χ1v) is 5.05. The van der Waals surface area contributed by atoms with E-state index in [-0.39, 0.29) is 0 Å². The Balaban J connectivity index is 2.67. The Labute approximate surface area is 95.2 Å². The summed E-state index contributed by atoms with van der Waals surface area (Å²) in [6.07, 6.45) is 7.65. The molecule has 0 aliphatic rings. The molecule has 1 aromatic rings. The smallest absolute Gasteiger partial charge is 0.0639 e. The van der Waals surface area contributed by atoms with Gasteiger partial charge in [0.15, 0.2) is 0 Å². The van der Waals surface area contributed by atoms with E-state index in [0.29, 0.717) is 12.3 Å². The van der Waals surface area contributed by atoms with E-state index in [4.69, 9.17) is 11.1 Å². The van der Waals surface area contributed by atoms with Gasteiger partial charge in [-0.15, -0.1) is 0 Å². The van der Waals surface area contributed by atoms with Crippen LogP contribution < -0.4 is 5.73 Å². The zero-order chi connectivity index (χ0) is 12.0. The monoisotopic (exact) mass is 219 g/mol. The van der Waals surface area contributed by atoms with E-state index in [1.165, 1.54) is 0 Å². The van der Waals surface area contributed by atoms with Gasteiger partial charge in [-0.1, -0.05) is 0 Å². The lowest BCUT2D eigenvalue weighted by molar-refractivity contribution is 0.670. The molecule has 0 bridgehead atoms. The van der Waals surface area contributed by atoms with Crippen LogP contribution in [0.1, 0.15) is 18.9 Å². The first kappa shape index (κ1) is 12.2. The highest BCUT2D eigenvalue weighted by Crippen LogP contribution is 2.04. The molecule has 0 aliphatic heterocycles. The van der Waals surface area contributed by atoms with E-state index in [1.807, 2.05) is 12.4 Å². The maximum atomic E-state index is 7.47. The number of hydrogen-bond acceptors (Lipinski definition) is 4. The van der Waals surface area contributed by atoms with Crippen molar-refractivity contribution in [2.45, 2.75) is 19.9 Å². The Morgan fingerprint density at radius 3 is 2.94 bits per heavy atom. The molecule has 1 aromatic heterocycles. The largest absolute Gasteiger partial charge is 0.405 e. The van der Waals surface area contributed by atoms with Gasteiger partial charge in [0, 0.05) is 37.2 Å². The Bertz CT molecular complexity index is 414. The van der Waals surface area contributed by atoms with Crippen LogP contribution in [0.4, 0.5) is 0 Å². The standard InChI is InChI=1S/C11H17N5/c1-9(13)11-6-15-16(8-11)7-10(5-12)3-4-14-2/h4-6,8,13H,3,7,12H2,1-2H3/b10-5+,13-9?,14-4?. The quantitative estimate of drug-likeness (QED) is 0.730. The summed E-state index contributed by atoms with van der Waals surface area (Å²) in [5, 5.41) is 11.6. The van der Waals surface area contributed by atoms with E-state index in [9.17, 15) is 0 Å². The van der Waals surface area contributed by atoms with E-state index in [2.05, 4.69) is 10.1 Å². The Kier molecular flexibility index (Phi) is 4.44. The van der Waals surface area contributed by atoms with Crippen LogP contribution in [0.25, 0.3) is 0 Å². The molecule has 0 saturated heterocycles. The van der Waals surface area contributed by atoms with Crippen molar-refractivity contribution in [1.82, 2.24) is 9.78 Å². The first-order chi connectivity index (χ1) is 7.67. The predicted molar refractivity (Wildman–Crippen MR) is 66.0 cm³/mol. The SMILES string of the molecule is CN=CC/C(=C\N)Cn1cc(C(C)=N)cn1. The Morgan fingerprint density at radius 1 is 1.69 bits per heavy atom. The van der Waals surface area contributed by atoms with Gasteiger partial charge in [0.2, 0.25) is 0 Å². The fourth-order valence-corrected chi connectivity index (χ4v) is 1.25. The molecule has 0 spiro atoms. The molecule has 0 saturated carbocycles. The van der Waals surface area contributed by atoms with E-state index < -0.39 is 0 Å². The highest BCUT2D eigenvalue weighted by molar-refractivity contribution is 5.95. The van der Waals surface area contributed by atoms with E-state index in [1.54, 1.807) is 31.1 Å². The van der Waals surface area contributed by atoms with Crippen molar-refractivity contribution in [2.75, 3.05) is 7.05 Å². The summed E-state index contributed by atoms with van der Waals surface area (Å²) in [5.41, 5.74) is 7.91. The minimum Gasteiger partial charge on any atom is -0.405 e. The van der Waals surface area contributed by atoms with Crippen molar-refractivity contribution in [3.63, 3.8) is 0 Å². The summed E-state index contributed by atoms with van der Waals surface area (Å²) in [6.45, 7) is 2.38. The van der Waals surface area contributed by atoms with Crippen molar-refractivity contribution in [1.29, 1.82) is 5.41 Å². The Hall–Kier alpha value is -1.91. The molecule has 3 N–H and O–H groups in total. The van der Waals surface area contributed by atoms with Gasteiger partial charge in [0.25, 0.3) is 0 Å². The van der Waals surface area contributed by atoms with Crippen LogP contribution >= 0.6 is 0 Å². The fraction of sp³-hybridized carbons (Fsp3) is 0.364. The van der Waals surface area contributed by atoms with Gasteiger partial charge in [-0.3, -0.25) is 4.68 Å². The van der Waals surface area contributed by atoms with Crippen LogP contribution in [0, 0.1) is 5.41 Å². The van der Waals surface area contributed by atoms with E-state index >= 15 is 0 Å². The number of aliphatic imine (C=N–C) groups is 1. The maximum absolute atomic E-state index is 7.47. The third kappa shape index (κ3) is 3.34. The Morgan fingerprint density at radius 2 is 2.44 bits per heavy atom. The third-order valence-electron chi connectivity index (χ3n) is 2.20. The van der Waals surface area contributed by atoms with Crippen molar-refractivity contribution >= 4 is 11.9 Å². The molecule has 1 heterocycles. The van der Waals surface area contributed by atoms with Crippen molar-refractivity contribution in [3.05, 3.63) is 29.7 Å². The van der Waals surface area contributed by atoms with Crippen molar-refractivity contribution < 1.29 is 0 Å². The molecule has 0 unspecified atom stereocenters. The summed E-state index contributed by atoms with van der Waals surface area (Å²) in [4.78, 5) is 3.91. The molecular weight excluding hydrogens is 202 g/mol. The minimum atomic E-state index is 0.514. The fourth-order valence-electron chi connectivity index (χ4n) is 1.25. The predicted octanol–water partition coefficient (Wildman–Crippen LogP) is 1.20. The number of hydrogen-bond donors (Lipinski definition) is 2. The molecule has 0 radical (unpaired) electrons. The molecule has 0 amide bonds. The summed E-state index contributed by atoms with van der Waals surface area (Å²) < 4.78 is 1.77. The lowest BCUT2D eigenvalue weighted by Crippen LogP contribution is -2.04. The topological polar surface area (TPSA) is 80.0 Å². The first-order valence-electron chi connectivity index (χ1n) is 5.05. The molecular formula is C11H17N5. The van der Waals surface area contributed by atoms with Gasteiger partial charge in [-0.25, -0.2) is 0 Å². The third-order valence-corrected chi connectivity index (χ3v) is 2.20. The summed E-state index contributed by atoms with van der Waals surface area (Å²) in [6, 6.07) is 0. The summed E-state index contributed by atoms with van der Waals surface area (Å²) in [7, 11) is 1.73. The number of aromatic nitrogens is 2. The average Bonchev–Trinajstić information content (AvgIpc) is 2.72. The molecule has 16 heavy (non-hydrogen) atoms. The molecule has 86 valence electrons. The van der Waals surface area contributed by atoms with Gasteiger partial charge in [-0.05, 0) is 18.7 Å². The number of nitrogens with one attached hydrogen (secondary N) is 1. The second-order valence-electron chi connectivity index (χ2n) is 3.52. The molecule has 0 fully saturated rings. The number of rotatable bonds is 5. The molecule has 0 atom stereocenters. The van der Waals surface area contributed by atoms with Crippen LogP contribution in [-0.2, 0) is 6.54 Å². The second kappa shape index (κ2) is 5.85. The van der Waals surface area contributed by atoms with E-state index in [0.717, 1.165) is 17.6 Å². The highest BCUT2D eigenvalue weighted by atomic mass is 15.3. The van der Waals surface area contributed by atoms with Crippen molar-refractivity contribution in [3.8, 4) is 0 Å². The molecule has 1 rings (SSSR count). The number of nitrogens with zero attached hydrogens (tertiary/aromatic N) is 3. The molecule has 0 aliphatic carbocycles. The second-order valence-corrected chi connectivity index (χ2v) is 3.52. The molecule has 0 aromatic carbocycles. The summed E-state index contributed by atoms with van der Waals surface area (Å²) >= 11 is 0.